The molecule has 1 saturated carbocycles. The van der Waals surface area contributed by atoms with Crippen LogP contribution in [0, 0.1) is 19.8 Å². The molecule has 1 aromatic rings. The van der Waals surface area contributed by atoms with Gasteiger partial charge in [0.15, 0.2) is 0 Å². The highest BCUT2D eigenvalue weighted by Gasteiger charge is 2.20. The smallest absolute Gasteiger partial charge is 0.224 e. The first kappa shape index (κ1) is 16.5. The standard InChI is InChI=1S/C16H26BrN3O/c1-11(10-20-13(3)15(17)12(2)19-20)16(21)18-14-8-6-4-5-7-9-14/h11,14H,4-10H2,1-3H3,(H,18,21). The zero-order chi connectivity index (χ0) is 15.4. The predicted octanol–water partition coefficient (Wildman–Crippen LogP) is 3.74. The Morgan fingerprint density at radius 3 is 2.48 bits per heavy atom. The van der Waals surface area contributed by atoms with E-state index in [1.54, 1.807) is 0 Å². The first-order chi connectivity index (χ1) is 9.99. The van der Waals surface area contributed by atoms with Gasteiger partial charge in [0.25, 0.3) is 0 Å². The molecule has 1 aliphatic rings. The van der Waals surface area contributed by atoms with E-state index in [4.69, 9.17) is 0 Å². The molecule has 1 fully saturated rings. The van der Waals surface area contributed by atoms with Crippen LogP contribution in [0.1, 0.15) is 56.8 Å². The molecule has 1 atom stereocenters. The highest BCUT2D eigenvalue weighted by molar-refractivity contribution is 9.10. The number of nitrogens with one attached hydrogen (secondary N) is 1. The van der Waals surface area contributed by atoms with Gasteiger partial charge in [-0.05, 0) is 42.6 Å². The van der Waals surface area contributed by atoms with Crippen LogP contribution in [0.4, 0.5) is 0 Å². The Morgan fingerprint density at radius 2 is 1.95 bits per heavy atom. The second kappa shape index (κ2) is 7.43. The molecule has 1 amide bonds. The molecular weight excluding hydrogens is 330 g/mol. The van der Waals surface area contributed by atoms with Gasteiger partial charge in [-0.25, -0.2) is 0 Å². The number of nitrogens with zero attached hydrogens (tertiary/aromatic N) is 2. The van der Waals surface area contributed by atoms with Gasteiger partial charge in [0.2, 0.25) is 5.91 Å². The molecule has 5 heteroatoms. The topological polar surface area (TPSA) is 46.9 Å². The lowest BCUT2D eigenvalue weighted by molar-refractivity contribution is -0.125. The van der Waals surface area contributed by atoms with Gasteiger partial charge < -0.3 is 5.32 Å². The lowest BCUT2D eigenvalue weighted by Crippen LogP contribution is -2.39. The maximum Gasteiger partial charge on any atom is 0.224 e. The molecule has 1 N–H and O–H groups in total. The Bertz CT molecular complexity index is 490. The summed E-state index contributed by atoms with van der Waals surface area (Å²) in [5.41, 5.74) is 2.06. The maximum atomic E-state index is 12.4. The van der Waals surface area contributed by atoms with Crippen molar-refractivity contribution >= 4 is 21.8 Å². The zero-order valence-corrected chi connectivity index (χ0v) is 14.9. The molecule has 118 valence electrons. The Kier molecular flexibility index (Phi) is 5.85. The molecule has 21 heavy (non-hydrogen) atoms. The molecule has 0 aromatic carbocycles. The van der Waals surface area contributed by atoms with Crippen LogP contribution in [0.5, 0.6) is 0 Å². The first-order valence-corrected chi connectivity index (χ1v) is 8.78. The molecule has 1 unspecified atom stereocenters. The van der Waals surface area contributed by atoms with Gasteiger partial charge in [0.1, 0.15) is 0 Å². The van der Waals surface area contributed by atoms with Crippen LogP contribution in [-0.4, -0.2) is 21.7 Å². The lowest BCUT2D eigenvalue weighted by atomic mass is 10.1. The van der Waals surface area contributed by atoms with Crippen LogP contribution in [0.3, 0.4) is 0 Å². The van der Waals surface area contributed by atoms with Crippen LogP contribution < -0.4 is 5.32 Å². The molecule has 0 spiro atoms. The normalized spacial score (nSPS) is 18.3. The molecule has 4 nitrogen and oxygen atoms in total. The fraction of sp³-hybridized carbons (Fsp3) is 0.750. The van der Waals surface area contributed by atoms with Crippen molar-refractivity contribution in [2.45, 2.75) is 71.9 Å². The van der Waals surface area contributed by atoms with E-state index in [-0.39, 0.29) is 11.8 Å². The Morgan fingerprint density at radius 1 is 1.33 bits per heavy atom. The van der Waals surface area contributed by atoms with E-state index in [1.165, 1.54) is 25.7 Å². The van der Waals surface area contributed by atoms with E-state index in [0.29, 0.717) is 12.6 Å². The van der Waals surface area contributed by atoms with Gasteiger partial charge in [-0.3, -0.25) is 9.48 Å². The van der Waals surface area contributed by atoms with Crippen molar-refractivity contribution < 1.29 is 4.79 Å². The minimum atomic E-state index is -0.0573. The van der Waals surface area contributed by atoms with Crippen LogP contribution in [-0.2, 0) is 11.3 Å². The summed E-state index contributed by atoms with van der Waals surface area (Å²) in [4.78, 5) is 12.4. The van der Waals surface area contributed by atoms with E-state index in [9.17, 15) is 4.79 Å². The summed E-state index contributed by atoms with van der Waals surface area (Å²) < 4.78 is 2.97. The third-order valence-electron chi connectivity index (χ3n) is 4.39. The molecule has 0 bridgehead atoms. The highest BCUT2D eigenvalue weighted by Crippen LogP contribution is 2.21. The molecule has 0 aliphatic heterocycles. The number of halogens is 1. The number of carbonyl (C=O) groups is 1. The molecule has 1 aliphatic carbocycles. The molecule has 0 radical (unpaired) electrons. The summed E-state index contributed by atoms with van der Waals surface area (Å²) >= 11 is 3.53. The molecule has 2 rings (SSSR count). The van der Waals surface area contributed by atoms with Crippen molar-refractivity contribution in [1.82, 2.24) is 15.1 Å². The molecular formula is C16H26BrN3O. The largest absolute Gasteiger partial charge is 0.353 e. The van der Waals surface area contributed by atoms with Crippen molar-refractivity contribution in [3.8, 4) is 0 Å². The van der Waals surface area contributed by atoms with Gasteiger partial charge in [-0.1, -0.05) is 32.6 Å². The fourth-order valence-corrected chi connectivity index (χ4v) is 3.25. The van der Waals surface area contributed by atoms with E-state index in [2.05, 4.69) is 26.3 Å². The minimum absolute atomic E-state index is 0.0573. The van der Waals surface area contributed by atoms with Crippen molar-refractivity contribution in [3.05, 3.63) is 15.9 Å². The van der Waals surface area contributed by atoms with Crippen LogP contribution in [0.2, 0.25) is 0 Å². The second-order valence-electron chi connectivity index (χ2n) is 6.27. The van der Waals surface area contributed by atoms with Crippen molar-refractivity contribution in [2.75, 3.05) is 0 Å². The van der Waals surface area contributed by atoms with E-state index < -0.39 is 0 Å². The first-order valence-electron chi connectivity index (χ1n) is 7.99. The summed E-state index contributed by atoms with van der Waals surface area (Å²) in [5.74, 6) is 0.101. The van der Waals surface area contributed by atoms with Gasteiger partial charge >= 0.3 is 0 Å². The fourth-order valence-electron chi connectivity index (χ4n) is 2.96. The second-order valence-corrected chi connectivity index (χ2v) is 7.06. The van der Waals surface area contributed by atoms with Gasteiger partial charge in [0.05, 0.1) is 22.6 Å². The summed E-state index contributed by atoms with van der Waals surface area (Å²) in [5, 5.41) is 7.71. The number of hydrogen-bond donors (Lipinski definition) is 1. The third-order valence-corrected chi connectivity index (χ3v) is 5.54. The van der Waals surface area contributed by atoms with Gasteiger partial charge in [0, 0.05) is 11.7 Å². The number of aromatic nitrogens is 2. The summed E-state index contributed by atoms with van der Waals surface area (Å²) in [6, 6.07) is 0.370. The van der Waals surface area contributed by atoms with E-state index in [1.807, 2.05) is 25.5 Å². The highest BCUT2D eigenvalue weighted by atomic mass is 79.9. The lowest BCUT2D eigenvalue weighted by Gasteiger charge is -2.20. The van der Waals surface area contributed by atoms with Crippen molar-refractivity contribution in [2.24, 2.45) is 5.92 Å². The number of hydrogen-bond acceptors (Lipinski definition) is 2. The summed E-state index contributed by atoms with van der Waals surface area (Å²) in [6.07, 6.45) is 7.35. The molecule has 1 aromatic heterocycles. The zero-order valence-electron chi connectivity index (χ0n) is 13.3. The summed E-state index contributed by atoms with van der Waals surface area (Å²) in [7, 11) is 0. The van der Waals surface area contributed by atoms with E-state index in [0.717, 1.165) is 28.7 Å². The SMILES string of the molecule is Cc1nn(CC(C)C(=O)NC2CCCCCC2)c(C)c1Br. The number of carbonyl (C=O) groups excluding carboxylic acids is 1. The Hall–Kier alpha value is -0.840. The number of rotatable bonds is 4. The third kappa shape index (κ3) is 4.31. The van der Waals surface area contributed by atoms with Gasteiger partial charge in [-0.15, -0.1) is 0 Å². The van der Waals surface area contributed by atoms with Crippen molar-refractivity contribution in [1.29, 1.82) is 0 Å². The monoisotopic (exact) mass is 355 g/mol. The Balaban J connectivity index is 1.91. The van der Waals surface area contributed by atoms with Crippen LogP contribution >= 0.6 is 15.9 Å². The average Bonchev–Trinajstić information content (AvgIpc) is 2.68. The van der Waals surface area contributed by atoms with Crippen molar-refractivity contribution in [3.63, 3.8) is 0 Å². The van der Waals surface area contributed by atoms with Gasteiger partial charge in [-0.2, -0.15) is 5.10 Å². The molecule has 0 saturated heterocycles. The van der Waals surface area contributed by atoms with Crippen LogP contribution in [0.15, 0.2) is 4.47 Å². The average molecular weight is 356 g/mol. The summed E-state index contributed by atoms with van der Waals surface area (Å²) in [6.45, 7) is 6.62. The van der Waals surface area contributed by atoms with E-state index >= 15 is 0 Å². The number of aryl methyl sites for hydroxylation is 1. The quantitative estimate of drug-likeness (QED) is 0.836. The van der Waals surface area contributed by atoms with Crippen LogP contribution in [0.25, 0.3) is 0 Å². The molecule has 1 heterocycles. The number of amides is 1. The Labute approximate surface area is 135 Å². The maximum absolute atomic E-state index is 12.4. The minimum Gasteiger partial charge on any atom is -0.353 e. The predicted molar refractivity (Wildman–Crippen MR) is 88.2 cm³/mol.